The summed E-state index contributed by atoms with van der Waals surface area (Å²) in [4.78, 5) is 4.36. The van der Waals surface area contributed by atoms with E-state index in [9.17, 15) is 0 Å². The highest BCUT2D eigenvalue weighted by Gasteiger charge is 1.96. The summed E-state index contributed by atoms with van der Waals surface area (Å²) >= 11 is 0. The summed E-state index contributed by atoms with van der Waals surface area (Å²) in [5.74, 6) is 4.19. The van der Waals surface area contributed by atoms with Gasteiger partial charge in [-0.3, -0.25) is 4.99 Å². The Morgan fingerprint density at radius 2 is 2.44 bits per heavy atom. The third-order valence-corrected chi connectivity index (χ3v) is 1.91. The molecule has 0 saturated heterocycles. The molecule has 4 nitrogen and oxygen atoms in total. The van der Waals surface area contributed by atoms with E-state index in [0.29, 0.717) is 13.1 Å². The minimum absolute atomic E-state index is 0.479. The van der Waals surface area contributed by atoms with Gasteiger partial charge in [-0.25, -0.2) is 0 Å². The predicted octanol–water partition coefficient (Wildman–Crippen LogP) is 1.01. The van der Waals surface area contributed by atoms with Crippen molar-refractivity contribution < 1.29 is 4.42 Å². The number of nitrogens with zero attached hydrogens (tertiary/aromatic N) is 1. The summed E-state index contributed by atoms with van der Waals surface area (Å²) in [5, 5.41) is 6.13. The van der Waals surface area contributed by atoms with Crippen molar-refractivity contribution in [2.75, 3.05) is 19.6 Å². The fourth-order valence-electron chi connectivity index (χ4n) is 1.21. The van der Waals surface area contributed by atoms with Gasteiger partial charge in [0.2, 0.25) is 0 Å². The number of nitrogens with one attached hydrogen (secondary N) is 2. The summed E-state index contributed by atoms with van der Waals surface area (Å²) in [7, 11) is 0. The van der Waals surface area contributed by atoms with Gasteiger partial charge in [-0.15, -0.1) is 6.42 Å². The standard InChI is InChI=1S/C12H17N3O/c1-3-8-14-12(13-4-2)15-9-7-11-6-5-10-16-11/h1,5-6,10H,4,7-9H2,2H3,(H2,13,14,15). The van der Waals surface area contributed by atoms with Gasteiger partial charge in [0, 0.05) is 19.5 Å². The number of terminal acetylenes is 1. The van der Waals surface area contributed by atoms with E-state index in [-0.39, 0.29) is 0 Å². The molecule has 0 spiro atoms. The number of hydrogen-bond acceptors (Lipinski definition) is 2. The number of rotatable bonds is 5. The molecule has 4 heteroatoms. The molecule has 0 aliphatic carbocycles. The lowest BCUT2D eigenvalue weighted by Crippen LogP contribution is -2.37. The second kappa shape index (κ2) is 7.41. The van der Waals surface area contributed by atoms with E-state index in [2.05, 4.69) is 21.5 Å². The van der Waals surface area contributed by atoms with Crippen molar-refractivity contribution >= 4 is 5.96 Å². The molecule has 0 fully saturated rings. The van der Waals surface area contributed by atoms with Crippen molar-refractivity contribution in [3.8, 4) is 12.3 Å². The zero-order valence-electron chi connectivity index (χ0n) is 9.49. The van der Waals surface area contributed by atoms with Crippen LogP contribution in [0.5, 0.6) is 0 Å². The maximum Gasteiger partial charge on any atom is 0.192 e. The first-order chi connectivity index (χ1) is 7.86. The predicted molar refractivity (Wildman–Crippen MR) is 65.2 cm³/mol. The molecule has 0 aliphatic rings. The van der Waals surface area contributed by atoms with Crippen LogP contribution in [0.3, 0.4) is 0 Å². The quantitative estimate of drug-likeness (QED) is 0.441. The monoisotopic (exact) mass is 219 g/mol. The van der Waals surface area contributed by atoms with Crippen LogP contribution >= 0.6 is 0 Å². The fourth-order valence-corrected chi connectivity index (χ4v) is 1.21. The van der Waals surface area contributed by atoms with Gasteiger partial charge in [-0.2, -0.15) is 0 Å². The molecule has 0 atom stereocenters. The van der Waals surface area contributed by atoms with E-state index >= 15 is 0 Å². The first-order valence-electron chi connectivity index (χ1n) is 5.34. The Morgan fingerprint density at radius 3 is 3.06 bits per heavy atom. The molecule has 0 saturated carbocycles. The lowest BCUT2D eigenvalue weighted by Gasteiger charge is -2.08. The van der Waals surface area contributed by atoms with Crippen molar-refractivity contribution in [3.63, 3.8) is 0 Å². The van der Waals surface area contributed by atoms with Gasteiger partial charge in [-0.1, -0.05) is 5.92 Å². The molecule has 1 aromatic rings. The van der Waals surface area contributed by atoms with Crippen LogP contribution in [0.15, 0.2) is 27.8 Å². The third kappa shape index (κ3) is 4.56. The van der Waals surface area contributed by atoms with Gasteiger partial charge in [-0.05, 0) is 19.1 Å². The summed E-state index contributed by atoms with van der Waals surface area (Å²) in [6.07, 6.45) is 7.63. The van der Waals surface area contributed by atoms with E-state index < -0.39 is 0 Å². The first kappa shape index (κ1) is 12.2. The van der Waals surface area contributed by atoms with Crippen molar-refractivity contribution in [3.05, 3.63) is 24.2 Å². The van der Waals surface area contributed by atoms with E-state index in [1.807, 2.05) is 19.1 Å². The molecular weight excluding hydrogens is 202 g/mol. The largest absolute Gasteiger partial charge is 0.469 e. The highest BCUT2D eigenvalue weighted by Crippen LogP contribution is 2.00. The van der Waals surface area contributed by atoms with Crippen molar-refractivity contribution in [2.24, 2.45) is 4.99 Å². The van der Waals surface area contributed by atoms with Crippen LogP contribution < -0.4 is 10.6 Å². The average Bonchev–Trinajstić information content (AvgIpc) is 2.79. The molecule has 0 aromatic carbocycles. The lowest BCUT2D eigenvalue weighted by molar-refractivity contribution is 0.511. The summed E-state index contributed by atoms with van der Waals surface area (Å²) in [5.41, 5.74) is 0. The summed E-state index contributed by atoms with van der Waals surface area (Å²) < 4.78 is 5.21. The van der Waals surface area contributed by atoms with Crippen LogP contribution in [-0.4, -0.2) is 25.6 Å². The Hall–Kier alpha value is -1.89. The molecule has 1 heterocycles. The molecular formula is C12H17N3O. The van der Waals surface area contributed by atoms with Gasteiger partial charge in [0.1, 0.15) is 5.76 Å². The maximum absolute atomic E-state index is 5.21. The average molecular weight is 219 g/mol. The Labute approximate surface area is 96.1 Å². The number of aliphatic imine (C=N–C) groups is 1. The Bertz CT molecular complexity index is 349. The third-order valence-electron chi connectivity index (χ3n) is 1.91. The smallest absolute Gasteiger partial charge is 0.192 e. The SMILES string of the molecule is C#CCNC(=NCCc1ccco1)NCC. The van der Waals surface area contributed by atoms with Crippen molar-refractivity contribution in [1.82, 2.24) is 10.6 Å². The molecule has 0 unspecified atom stereocenters. The Balaban J connectivity index is 2.35. The minimum atomic E-state index is 0.479. The first-order valence-corrected chi connectivity index (χ1v) is 5.34. The zero-order valence-corrected chi connectivity index (χ0v) is 9.49. The minimum Gasteiger partial charge on any atom is -0.469 e. The van der Waals surface area contributed by atoms with E-state index in [1.54, 1.807) is 6.26 Å². The van der Waals surface area contributed by atoms with Gasteiger partial charge in [0.05, 0.1) is 12.8 Å². The number of hydrogen-bond donors (Lipinski definition) is 2. The molecule has 0 radical (unpaired) electrons. The molecule has 16 heavy (non-hydrogen) atoms. The van der Waals surface area contributed by atoms with Crippen LogP contribution in [-0.2, 0) is 6.42 Å². The molecule has 2 N–H and O–H groups in total. The van der Waals surface area contributed by atoms with Gasteiger partial charge in [0.15, 0.2) is 5.96 Å². The zero-order chi connectivity index (χ0) is 11.6. The highest BCUT2D eigenvalue weighted by molar-refractivity contribution is 5.79. The lowest BCUT2D eigenvalue weighted by atomic mass is 10.3. The van der Waals surface area contributed by atoms with Gasteiger partial charge < -0.3 is 15.1 Å². The van der Waals surface area contributed by atoms with Gasteiger partial charge in [0.25, 0.3) is 0 Å². The van der Waals surface area contributed by atoms with E-state index in [4.69, 9.17) is 10.8 Å². The van der Waals surface area contributed by atoms with E-state index in [0.717, 1.165) is 24.7 Å². The van der Waals surface area contributed by atoms with Crippen LogP contribution in [0.1, 0.15) is 12.7 Å². The van der Waals surface area contributed by atoms with Crippen LogP contribution in [0.2, 0.25) is 0 Å². The normalized spacial score (nSPS) is 10.9. The fraction of sp³-hybridized carbons (Fsp3) is 0.417. The molecule has 1 aromatic heterocycles. The Kier molecular flexibility index (Phi) is 5.64. The van der Waals surface area contributed by atoms with Crippen LogP contribution in [0.4, 0.5) is 0 Å². The molecule has 0 aliphatic heterocycles. The molecule has 0 amide bonds. The molecule has 86 valence electrons. The second-order valence-corrected chi connectivity index (χ2v) is 3.15. The van der Waals surface area contributed by atoms with Crippen molar-refractivity contribution in [1.29, 1.82) is 0 Å². The topological polar surface area (TPSA) is 49.6 Å². The number of guanidine groups is 1. The molecule has 0 bridgehead atoms. The van der Waals surface area contributed by atoms with E-state index in [1.165, 1.54) is 0 Å². The van der Waals surface area contributed by atoms with Crippen molar-refractivity contribution in [2.45, 2.75) is 13.3 Å². The van der Waals surface area contributed by atoms with Crippen LogP contribution in [0.25, 0.3) is 0 Å². The van der Waals surface area contributed by atoms with Crippen LogP contribution in [0, 0.1) is 12.3 Å². The van der Waals surface area contributed by atoms with Gasteiger partial charge >= 0.3 is 0 Å². The number of furan rings is 1. The maximum atomic E-state index is 5.21. The molecule has 1 rings (SSSR count). The highest BCUT2D eigenvalue weighted by atomic mass is 16.3. The summed E-state index contributed by atoms with van der Waals surface area (Å²) in [6, 6.07) is 3.82. The second-order valence-electron chi connectivity index (χ2n) is 3.15. The Morgan fingerprint density at radius 1 is 1.56 bits per heavy atom. The summed E-state index contributed by atoms with van der Waals surface area (Å²) in [6.45, 7) is 3.98.